The van der Waals surface area contributed by atoms with Crippen LogP contribution >= 0.6 is 11.6 Å². The van der Waals surface area contributed by atoms with Gasteiger partial charge in [0, 0.05) is 23.3 Å². The molecule has 1 aromatic heterocycles. The van der Waals surface area contributed by atoms with Crippen LogP contribution in [0.1, 0.15) is 12.6 Å². The number of hydrogen-bond acceptors (Lipinski definition) is 4. The van der Waals surface area contributed by atoms with Crippen LogP contribution in [0.3, 0.4) is 0 Å². The molecule has 0 aliphatic rings. The number of ether oxygens (including phenoxy) is 1. The Hall–Kier alpha value is -1.81. The Labute approximate surface area is 111 Å². The molecular weight excluding hydrogens is 250 g/mol. The monoisotopic (exact) mass is 263 g/mol. The molecule has 18 heavy (non-hydrogen) atoms. The summed E-state index contributed by atoms with van der Waals surface area (Å²) in [5.41, 5.74) is 0.845. The van der Waals surface area contributed by atoms with Gasteiger partial charge in [0.2, 0.25) is 11.8 Å². The minimum Gasteiger partial charge on any atom is -0.439 e. The highest BCUT2D eigenvalue weighted by molar-refractivity contribution is 6.30. The van der Waals surface area contributed by atoms with Crippen molar-refractivity contribution in [3.8, 4) is 11.6 Å². The molecule has 0 aliphatic carbocycles. The Bertz CT molecular complexity index is 546. The fourth-order valence-corrected chi connectivity index (χ4v) is 1.66. The second-order valence-electron chi connectivity index (χ2n) is 3.76. The quantitative estimate of drug-likeness (QED) is 0.914. The molecule has 1 N–H and O–H groups in total. The van der Waals surface area contributed by atoms with E-state index in [-0.39, 0.29) is 0 Å². The van der Waals surface area contributed by atoms with Crippen LogP contribution in [0.15, 0.2) is 30.3 Å². The van der Waals surface area contributed by atoms with Gasteiger partial charge in [0.05, 0.1) is 0 Å². The molecule has 0 fully saturated rings. The first-order valence-corrected chi connectivity index (χ1v) is 6.08. The summed E-state index contributed by atoms with van der Waals surface area (Å²) in [6.07, 6.45) is 0. The van der Waals surface area contributed by atoms with Gasteiger partial charge in [0.15, 0.2) is 0 Å². The number of halogens is 1. The average Bonchev–Trinajstić information content (AvgIpc) is 2.28. The lowest BCUT2D eigenvalue weighted by molar-refractivity contribution is 0.461. The first kappa shape index (κ1) is 12.6. The first-order valence-electron chi connectivity index (χ1n) is 5.70. The number of aryl methyl sites for hydroxylation is 1. The second-order valence-corrected chi connectivity index (χ2v) is 4.20. The van der Waals surface area contributed by atoms with Crippen LogP contribution in [0.4, 0.5) is 5.95 Å². The van der Waals surface area contributed by atoms with E-state index in [1.165, 1.54) is 0 Å². The first-order chi connectivity index (χ1) is 8.67. The molecule has 2 rings (SSSR count). The number of aromatic nitrogens is 2. The topological polar surface area (TPSA) is 47.0 Å². The van der Waals surface area contributed by atoms with Crippen molar-refractivity contribution in [1.82, 2.24) is 9.97 Å². The van der Waals surface area contributed by atoms with Gasteiger partial charge in [0.25, 0.3) is 0 Å². The van der Waals surface area contributed by atoms with Gasteiger partial charge in [-0.25, -0.2) is 4.98 Å². The van der Waals surface area contributed by atoms with Crippen LogP contribution in [-0.4, -0.2) is 16.5 Å². The molecule has 0 unspecified atom stereocenters. The van der Waals surface area contributed by atoms with Gasteiger partial charge >= 0.3 is 0 Å². The highest BCUT2D eigenvalue weighted by Crippen LogP contribution is 2.23. The summed E-state index contributed by atoms with van der Waals surface area (Å²) >= 11 is 5.90. The maximum absolute atomic E-state index is 5.90. The largest absolute Gasteiger partial charge is 0.439 e. The van der Waals surface area contributed by atoms with Crippen molar-refractivity contribution in [1.29, 1.82) is 0 Å². The van der Waals surface area contributed by atoms with Crippen LogP contribution < -0.4 is 10.1 Å². The maximum atomic E-state index is 5.90. The summed E-state index contributed by atoms with van der Waals surface area (Å²) in [4.78, 5) is 8.52. The highest BCUT2D eigenvalue weighted by atomic mass is 35.5. The van der Waals surface area contributed by atoms with E-state index >= 15 is 0 Å². The zero-order valence-corrected chi connectivity index (χ0v) is 11.0. The van der Waals surface area contributed by atoms with E-state index in [4.69, 9.17) is 16.3 Å². The molecule has 0 bridgehead atoms. The number of anilines is 1. The Balaban J connectivity index is 2.23. The fourth-order valence-electron chi connectivity index (χ4n) is 1.48. The van der Waals surface area contributed by atoms with Crippen molar-refractivity contribution in [3.05, 3.63) is 41.0 Å². The lowest BCUT2D eigenvalue weighted by Gasteiger charge is -2.08. The lowest BCUT2D eigenvalue weighted by atomic mass is 10.3. The molecule has 0 radical (unpaired) electrons. The number of rotatable bonds is 4. The smallest absolute Gasteiger partial charge is 0.226 e. The normalized spacial score (nSPS) is 10.2. The zero-order valence-electron chi connectivity index (χ0n) is 10.3. The van der Waals surface area contributed by atoms with Gasteiger partial charge in [-0.15, -0.1) is 0 Å². The van der Waals surface area contributed by atoms with Crippen molar-refractivity contribution in [2.45, 2.75) is 13.8 Å². The van der Waals surface area contributed by atoms with Crippen molar-refractivity contribution in [3.63, 3.8) is 0 Å². The Morgan fingerprint density at radius 3 is 2.83 bits per heavy atom. The van der Waals surface area contributed by atoms with E-state index in [0.717, 1.165) is 12.2 Å². The summed E-state index contributed by atoms with van der Waals surface area (Å²) in [7, 11) is 0. The third-order valence-corrected chi connectivity index (χ3v) is 2.42. The van der Waals surface area contributed by atoms with Crippen LogP contribution in [0.2, 0.25) is 5.02 Å². The molecule has 0 spiro atoms. The summed E-state index contributed by atoms with van der Waals surface area (Å²) in [5.74, 6) is 1.72. The van der Waals surface area contributed by atoms with Crippen LogP contribution in [-0.2, 0) is 0 Å². The summed E-state index contributed by atoms with van der Waals surface area (Å²) in [6, 6.07) is 8.98. The SMILES string of the molecule is CCNc1nc(C)cc(Oc2cccc(Cl)c2)n1. The lowest BCUT2D eigenvalue weighted by Crippen LogP contribution is -2.03. The molecule has 4 nitrogen and oxygen atoms in total. The molecule has 1 heterocycles. The van der Waals surface area contributed by atoms with Gasteiger partial charge in [-0.05, 0) is 32.0 Å². The predicted molar refractivity (Wildman–Crippen MR) is 72.5 cm³/mol. The molecule has 2 aromatic rings. The number of nitrogens with zero attached hydrogens (tertiary/aromatic N) is 2. The molecular formula is C13H14ClN3O. The van der Waals surface area contributed by atoms with Gasteiger partial charge in [-0.2, -0.15) is 4.98 Å². The summed E-state index contributed by atoms with van der Waals surface area (Å²) in [6.45, 7) is 4.65. The minimum absolute atomic E-state index is 0.501. The third kappa shape index (κ3) is 3.34. The molecule has 0 atom stereocenters. The van der Waals surface area contributed by atoms with E-state index in [2.05, 4.69) is 15.3 Å². The van der Waals surface area contributed by atoms with Crippen molar-refractivity contribution in [2.75, 3.05) is 11.9 Å². The number of nitrogens with one attached hydrogen (secondary N) is 1. The van der Waals surface area contributed by atoms with Gasteiger partial charge in [0.1, 0.15) is 5.75 Å². The third-order valence-electron chi connectivity index (χ3n) is 2.18. The van der Waals surface area contributed by atoms with E-state index < -0.39 is 0 Å². The van der Waals surface area contributed by atoms with E-state index in [9.17, 15) is 0 Å². The molecule has 94 valence electrons. The van der Waals surface area contributed by atoms with Gasteiger partial charge in [-0.1, -0.05) is 17.7 Å². The van der Waals surface area contributed by atoms with Crippen LogP contribution in [0.5, 0.6) is 11.6 Å². The van der Waals surface area contributed by atoms with E-state index in [0.29, 0.717) is 22.6 Å². The molecule has 0 aliphatic heterocycles. The maximum Gasteiger partial charge on any atom is 0.226 e. The Kier molecular flexibility index (Phi) is 3.99. The van der Waals surface area contributed by atoms with Gasteiger partial charge in [-0.3, -0.25) is 0 Å². The number of benzene rings is 1. The summed E-state index contributed by atoms with van der Waals surface area (Å²) < 4.78 is 5.65. The standard InChI is InChI=1S/C13H14ClN3O/c1-3-15-13-16-9(2)7-12(17-13)18-11-6-4-5-10(14)8-11/h4-8H,3H2,1-2H3,(H,15,16,17). The Morgan fingerprint density at radius 2 is 2.11 bits per heavy atom. The van der Waals surface area contributed by atoms with Crippen molar-refractivity contribution >= 4 is 17.5 Å². The average molecular weight is 264 g/mol. The van der Waals surface area contributed by atoms with Crippen molar-refractivity contribution in [2.24, 2.45) is 0 Å². The predicted octanol–water partition coefficient (Wildman–Crippen LogP) is 3.66. The molecule has 1 aromatic carbocycles. The van der Waals surface area contributed by atoms with Crippen molar-refractivity contribution < 1.29 is 4.74 Å². The second kappa shape index (κ2) is 5.69. The molecule has 0 saturated heterocycles. The van der Waals surface area contributed by atoms with Crippen LogP contribution in [0.25, 0.3) is 0 Å². The zero-order chi connectivity index (χ0) is 13.0. The van der Waals surface area contributed by atoms with Crippen LogP contribution in [0, 0.1) is 6.92 Å². The summed E-state index contributed by atoms with van der Waals surface area (Å²) in [5, 5.41) is 3.69. The molecule has 5 heteroatoms. The Morgan fingerprint density at radius 1 is 1.28 bits per heavy atom. The fraction of sp³-hybridized carbons (Fsp3) is 0.231. The number of hydrogen-bond donors (Lipinski definition) is 1. The van der Waals surface area contributed by atoms with Gasteiger partial charge < -0.3 is 10.1 Å². The molecule has 0 saturated carbocycles. The molecule has 0 amide bonds. The highest BCUT2D eigenvalue weighted by Gasteiger charge is 2.04. The minimum atomic E-state index is 0.501. The van der Waals surface area contributed by atoms with E-state index in [1.54, 1.807) is 18.2 Å². The van der Waals surface area contributed by atoms with E-state index in [1.807, 2.05) is 26.0 Å².